The molecule has 0 saturated carbocycles. The summed E-state index contributed by atoms with van der Waals surface area (Å²) < 4.78 is 49.4. The molecule has 0 radical (unpaired) electrons. The first-order valence-corrected chi connectivity index (χ1v) is 6.16. The van der Waals surface area contributed by atoms with Crippen molar-refractivity contribution in [3.8, 4) is 0 Å². The number of methoxy groups -OCH3 is 2. The van der Waals surface area contributed by atoms with Crippen LogP contribution >= 0.6 is 0 Å². The Bertz CT molecular complexity index is 626. The minimum Gasteiger partial charge on any atom is -0.496 e. The Morgan fingerprint density at radius 3 is 2.59 bits per heavy atom. The fourth-order valence-electron chi connectivity index (χ4n) is 2.05. The number of dihydropyridines is 1. The minimum atomic E-state index is -4.90. The quantitative estimate of drug-likeness (QED) is 0.865. The molecule has 0 aliphatic carbocycles. The molecule has 1 aliphatic rings. The van der Waals surface area contributed by atoms with E-state index in [1.807, 2.05) is 0 Å². The van der Waals surface area contributed by atoms with E-state index in [0.717, 1.165) is 13.3 Å². The number of pyridine rings is 1. The van der Waals surface area contributed by atoms with Crippen molar-refractivity contribution in [1.29, 1.82) is 0 Å². The molecule has 0 aromatic carbocycles. The summed E-state index contributed by atoms with van der Waals surface area (Å²) in [4.78, 5) is 15.6. The van der Waals surface area contributed by atoms with Crippen LogP contribution in [0.15, 0.2) is 42.6 Å². The molecule has 0 fully saturated rings. The maximum absolute atomic E-state index is 13.4. The Labute approximate surface area is 124 Å². The third kappa shape index (κ3) is 2.51. The van der Waals surface area contributed by atoms with Gasteiger partial charge >= 0.3 is 12.1 Å². The van der Waals surface area contributed by atoms with Crippen LogP contribution in [0.5, 0.6) is 0 Å². The predicted octanol–water partition coefficient (Wildman–Crippen LogP) is 2.03. The number of esters is 1. The zero-order valence-electron chi connectivity index (χ0n) is 11.8. The fourth-order valence-corrected chi connectivity index (χ4v) is 2.05. The smallest absolute Gasteiger partial charge is 0.426 e. The van der Waals surface area contributed by atoms with Gasteiger partial charge in [-0.3, -0.25) is 4.98 Å². The highest BCUT2D eigenvalue weighted by Crippen LogP contribution is 2.39. The van der Waals surface area contributed by atoms with E-state index in [0.29, 0.717) is 17.2 Å². The van der Waals surface area contributed by atoms with Gasteiger partial charge < -0.3 is 14.8 Å². The van der Waals surface area contributed by atoms with Gasteiger partial charge in [-0.05, 0) is 6.07 Å². The summed E-state index contributed by atoms with van der Waals surface area (Å²) in [5, 5.41) is 2.09. The molecule has 0 amide bonds. The number of allylic oxidation sites excluding steroid dienone is 1. The van der Waals surface area contributed by atoms with Crippen LogP contribution in [0.3, 0.4) is 0 Å². The van der Waals surface area contributed by atoms with Crippen molar-refractivity contribution in [3.63, 3.8) is 0 Å². The second-order valence-electron chi connectivity index (χ2n) is 4.45. The number of halogens is 3. The van der Waals surface area contributed by atoms with Crippen LogP contribution in [-0.4, -0.2) is 36.9 Å². The largest absolute Gasteiger partial charge is 0.496 e. The minimum absolute atomic E-state index is 0.102. The molecule has 0 saturated heterocycles. The van der Waals surface area contributed by atoms with Crippen molar-refractivity contribution < 1.29 is 27.4 Å². The van der Waals surface area contributed by atoms with E-state index < -0.39 is 17.7 Å². The third-order valence-corrected chi connectivity index (χ3v) is 3.20. The van der Waals surface area contributed by atoms with Crippen LogP contribution in [0.4, 0.5) is 13.2 Å². The summed E-state index contributed by atoms with van der Waals surface area (Å²) >= 11 is 0. The average molecular weight is 314 g/mol. The van der Waals surface area contributed by atoms with Gasteiger partial charge in [0.05, 0.1) is 14.2 Å². The van der Waals surface area contributed by atoms with Crippen molar-refractivity contribution in [2.45, 2.75) is 11.7 Å². The van der Waals surface area contributed by atoms with Gasteiger partial charge in [0.1, 0.15) is 5.76 Å². The molecule has 1 aliphatic heterocycles. The lowest BCUT2D eigenvalue weighted by atomic mass is 9.91. The second kappa shape index (κ2) is 5.70. The number of nitrogens with zero attached hydrogens (tertiary/aromatic N) is 1. The number of hydrogen-bond acceptors (Lipinski definition) is 5. The third-order valence-electron chi connectivity index (χ3n) is 3.20. The summed E-state index contributed by atoms with van der Waals surface area (Å²) in [6, 6.07) is 3.29. The maximum atomic E-state index is 13.4. The van der Waals surface area contributed by atoms with Gasteiger partial charge in [-0.2, -0.15) is 13.2 Å². The number of rotatable bonds is 3. The highest BCUT2D eigenvalue weighted by Gasteiger charge is 2.61. The Morgan fingerprint density at radius 1 is 1.36 bits per heavy atom. The Hall–Kier alpha value is -2.51. The number of alkyl halides is 3. The molecule has 1 atom stereocenters. The van der Waals surface area contributed by atoms with Gasteiger partial charge in [-0.1, -0.05) is 6.07 Å². The zero-order chi connectivity index (χ0) is 16.4. The van der Waals surface area contributed by atoms with Crippen molar-refractivity contribution in [2.75, 3.05) is 14.2 Å². The second-order valence-corrected chi connectivity index (χ2v) is 4.45. The first kappa shape index (κ1) is 15.9. The van der Waals surface area contributed by atoms with Crippen molar-refractivity contribution in [3.05, 3.63) is 48.1 Å². The highest BCUT2D eigenvalue weighted by molar-refractivity contribution is 5.89. The Balaban J connectivity index is 2.52. The molecule has 8 heteroatoms. The van der Waals surface area contributed by atoms with E-state index in [9.17, 15) is 18.0 Å². The molecule has 118 valence electrons. The van der Waals surface area contributed by atoms with E-state index in [-0.39, 0.29) is 5.76 Å². The molecule has 5 nitrogen and oxygen atoms in total. The van der Waals surface area contributed by atoms with Gasteiger partial charge in [0.15, 0.2) is 0 Å². The lowest BCUT2D eigenvalue weighted by Crippen LogP contribution is -2.61. The normalized spacial score (nSPS) is 21.3. The van der Waals surface area contributed by atoms with E-state index in [1.165, 1.54) is 19.5 Å². The van der Waals surface area contributed by atoms with Crippen LogP contribution in [-0.2, 0) is 14.3 Å². The number of aromatic nitrogens is 1. The highest BCUT2D eigenvalue weighted by atomic mass is 19.4. The zero-order valence-corrected chi connectivity index (χ0v) is 11.8. The van der Waals surface area contributed by atoms with E-state index in [4.69, 9.17) is 4.74 Å². The monoisotopic (exact) mass is 314 g/mol. The van der Waals surface area contributed by atoms with Crippen LogP contribution in [0.25, 0.3) is 5.57 Å². The maximum Gasteiger partial charge on any atom is 0.426 e. The van der Waals surface area contributed by atoms with Crippen molar-refractivity contribution in [1.82, 2.24) is 10.3 Å². The molecule has 22 heavy (non-hydrogen) atoms. The van der Waals surface area contributed by atoms with Gasteiger partial charge in [0.25, 0.3) is 5.54 Å². The summed E-state index contributed by atoms with van der Waals surface area (Å²) in [6.45, 7) is 0. The topological polar surface area (TPSA) is 60.5 Å². The molecule has 1 aromatic rings. The summed E-state index contributed by atoms with van der Waals surface area (Å²) in [7, 11) is 2.11. The van der Waals surface area contributed by atoms with Gasteiger partial charge in [0, 0.05) is 35.8 Å². The molecule has 1 unspecified atom stereocenters. The van der Waals surface area contributed by atoms with Gasteiger partial charge in [-0.15, -0.1) is 0 Å². The lowest BCUT2D eigenvalue weighted by Gasteiger charge is -2.34. The summed E-state index contributed by atoms with van der Waals surface area (Å²) in [5.74, 6) is -1.58. The first-order valence-electron chi connectivity index (χ1n) is 6.16. The predicted molar refractivity (Wildman–Crippen MR) is 71.2 cm³/mol. The van der Waals surface area contributed by atoms with Crippen LogP contribution in [0, 0.1) is 0 Å². The molecule has 0 spiro atoms. The van der Waals surface area contributed by atoms with E-state index in [1.54, 1.807) is 12.1 Å². The first-order chi connectivity index (χ1) is 10.4. The SMILES string of the molecule is COC(=O)C1(C(F)(F)F)C=C(OC)C(c2cccnc2)=CN1. The molecule has 1 aromatic heterocycles. The fraction of sp³-hybridized carbons (Fsp3) is 0.286. The molecule has 0 bridgehead atoms. The molecule has 2 rings (SSSR count). The Morgan fingerprint density at radius 2 is 2.09 bits per heavy atom. The number of nitrogens with one attached hydrogen (secondary N) is 1. The van der Waals surface area contributed by atoms with Crippen molar-refractivity contribution >= 4 is 11.5 Å². The van der Waals surface area contributed by atoms with Crippen molar-refractivity contribution in [2.24, 2.45) is 0 Å². The number of carbonyl (C=O) groups excluding carboxylic acids is 1. The Kier molecular flexibility index (Phi) is 4.11. The van der Waals surface area contributed by atoms with Gasteiger partial charge in [0.2, 0.25) is 0 Å². The standard InChI is InChI=1S/C14H13F3N2O3/c1-21-11-6-13(12(20)22-2,14(15,16)17)19-8-10(11)9-4-3-5-18-7-9/h3-8,19H,1-2H3. The van der Waals surface area contributed by atoms with E-state index >= 15 is 0 Å². The van der Waals surface area contributed by atoms with E-state index in [2.05, 4.69) is 15.0 Å². The molecule has 1 N–H and O–H groups in total. The summed E-state index contributed by atoms with van der Waals surface area (Å²) in [5.41, 5.74) is -2.10. The van der Waals surface area contributed by atoms with Crippen LogP contribution in [0.1, 0.15) is 5.56 Å². The van der Waals surface area contributed by atoms with Crippen LogP contribution in [0.2, 0.25) is 0 Å². The average Bonchev–Trinajstić information content (AvgIpc) is 2.53. The lowest BCUT2D eigenvalue weighted by molar-refractivity contribution is -0.199. The molecule has 2 heterocycles. The molecular weight excluding hydrogens is 301 g/mol. The number of carbonyl (C=O) groups is 1. The number of hydrogen-bond donors (Lipinski definition) is 1. The van der Waals surface area contributed by atoms with Crippen LogP contribution < -0.4 is 5.32 Å². The van der Waals surface area contributed by atoms with Gasteiger partial charge in [-0.25, -0.2) is 4.79 Å². The molecular formula is C14H13F3N2O3. The summed E-state index contributed by atoms with van der Waals surface area (Å²) in [6.07, 6.45) is -0.160. The number of ether oxygens (including phenoxy) is 2.